The molecule has 1 atom stereocenters. The first-order valence-corrected chi connectivity index (χ1v) is 10.7. The maximum Gasteiger partial charge on any atom is 0.209 e. The molecule has 0 radical (unpaired) electrons. The van der Waals surface area contributed by atoms with Crippen LogP contribution in [0, 0.1) is 0 Å². The first-order chi connectivity index (χ1) is 15.1. The smallest absolute Gasteiger partial charge is 0.209 e. The van der Waals surface area contributed by atoms with Gasteiger partial charge in [-0.1, -0.05) is 53.5 Å². The molecule has 5 rings (SSSR count). The maximum absolute atomic E-state index is 11.2. The van der Waals surface area contributed by atoms with Gasteiger partial charge < -0.3 is 9.64 Å². The van der Waals surface area contributed by atoms with Crippen LogP contribution in [0.15, 0.2) is 66.9 Å². The fourth-order valence-electron chi connectivity index (χ4n) is 3.91. The van der Waals surface area contributed by atoms with Crippen LogP contribution in [0.1, 0.15) is 11.7 Å². The molecule has 7 heteroatoms. The van der Waals surface area contributed by atoms with E-state index in [0.717, 1.165) is 40.1 Å². The summed E-state index contributed by atoms with van der Waals surface area (Å²) in [6.45, 7) is 1.67. The summed E-state index contributed by atoms with van der Waals surface area (Å²) < 4.78 is 8.02. The topological polar surface area (TPSA) is 46.8 Å². The lowest BCUT2D eigenvalue weighted by Gasteiger charge is -2.30. The van der Waals surface area contributed by atoms with Crippen LogP contribution in [0.2, 0.25) is 10.0 Å². The molecule has 5 nitrogen and oxygen atoms in total. The van der Waals surface area contributed by atoms with Crippen molar-refractivity contribution in [1.82, 2.24) is 14.3 Å². The Morgan fingerprint density at radius 3 is 2.29 bits per heavy atom. The predicted molar refractivity (Wildman–Crippen MR) is 122 cm³/mol. The third-order valence-corrected chi connectivity index (χ3v) is 6.00. The van der Waals surface area contributed by atoms with Gasteiger partial charge in [0.1, 0.15) is 11.8 Å². The highest BCUT2D eigenvalue weighted by atomic mass is 35.5. The van der Waals surface area contributed by atoms with Crippen molar-refractivity contribution < 1.29 is 9.53 Å². The third-order valence-electron chi connectivity index (χ3n) is 5.50. The second-order valence-electron chi connectivity index (χ2n) is 7.47. The zero-order chi connectivity index (χ0) is 21.4. The number of nitrogens with zero attached hydrogens (tertiary/aromatic N) is 3. The molecule has 1 fully saturated rings. The Hall–Kier alpha value is -2.86. The number of rotatable bonds is 4. The molecule has 31 heavy (non-hydrogen) atoms. The molecule has 0 N–H and O–H groups in total. The van der Waals surface area contributed by atoms with E-state index in [1.807, 2.05) is 66.9 Å². The van der Waals surface area contributed by atoms with Crippen LogP contribution in [0.5, 0.6) is 0 Å². The van der Waals surface area contributed by atoms with Gasteiger partial charge in [-0.3, -0.25) is 9.20 Å². The van der Waals surface area contributed by atoms with Gasteiger partial charge in [-0.15, -0.1) is 0 Å². The summed E-state index contributed by atoms with van der Waals surface area (Å²) in [6, 6.07) is 19.4. The largest absolute Gasteiger partial charge is 0.370 e. The second kappa shape index (κ2) is 8.35. The molecule has 2 aromatic heterocycles. The molecule has 1 amide bonds. The molecular weight excluding hydrogens is 433 g/mol. The second-order valence-corrected chi connectivity index (χ2v) is 8.35. The van der Waals surface area contributed by atoms with Crippen LogP contribution in [-0.4, -0.2) is 40.4 Å². The van der Waals surface area contributed by atoms with Crippen molar-refractivity contribution in [1.29, 1.82) is 0 Å². The van der Waals surface area contributed by atoms with Gasteiger partial charge in [-0.2, -0.15) is 0 Å². The van der Waals surface area contributed by atoms with Gasteiger partial charge in [0.25, 0.3) is 0 Å². The Morgan fingerprint density at radius 1 is 0.935 bits per heavy atom. The summed E-state index contributed by atoms with van der Waals surface area (Å²) in [5.41, 5.74) is 5.60. The highest BCUT2D eigenvalue weighted by molar-refractivity contribution is 6.31. The average molecular weight is 452 g/mol. The number of fused-ring (bicyclic) bond motifs is 1. The fraction of sp³-hybridized carbons (Fsp3) is 0.167. The molecular formula is C24H19Cl2N3O2. The van der Waals surface area contributed by atoms with Crippen molar-refractivity contribution >= 4 is 35.3 Å². The molecule has 0 spiro atoms. The van der Waals surface area contributed by atoms with Gasteiger partial charge in [0.05, 0.1) is 24.5 Å². The summed E-state index contributed by atoms with van der Waals surface area (Å²) in [7, 11) is 0. The first-order valence-electron chi connectivity index (χ1n) is 9.97. The number of halogens is 2. The number of imidazole rings is 1. The number of carbonyl (C=O) groups excluding carboxylic acids is 1. The molecule has 0 saturated carbocycles. The Morgan fingerprint density at radius 2 is 1.61 bits per heavy atom. The number of ether oxygens (including phenoxy) is 1. The normalized spacial score (nSPS) is 16.6. The predicted octanol–water partition coefficient (Wildman–Crippen LogP) is 5.50. The summed E-state index contributed by atoms with van der Waals surface area (Å²) in [5.74, 6) is 0. The molecule has 0 bridgehead atoms. The molecule has 0 aliphatic carbocycles. The number of hydrogen-bond donors (Lipinski definition) is 0. The van der Waals surface area contributed by atoms with Crippen LogP contribution in [0.4, 0.5) is 0 Å². The van der Waals surface area contributed by atoms with Crippen molar-refractivity contribution in [3.05, 3.63) is 82.5 Å². The quantitative estimate of drug-likeness (QED) is 0.384. The molecule has 1 aliphatic heterocycles. The van der Waals surface area contributed by atoms with E-state index in [4.69, 9.17) is 32.9 Å². The van der Waals surface area contributed by atoms with Crippen molar-refractivity contribution in [2.75, 3.05) is 19.7 Å². The number of amides is 1. The van der Waals surface area contributed by atoms with Gasteiger partial charge in [0.15, 0.2) is 0 Å². The minimum atomic E-state index is -0.178. The number of aromatic nitrogens is 2. The van der Waals surface area contributed by atoms with E-state index in [-0.39, 0.29) is 6.10 Å². The zero-order valence-electron chi connectivity index (χ0n) is 16.5. The molecule has 2 aromatic carbocycles. The van der Waals surface area contributed by atoms with Crippen LogP contribution in [0.25, 0.3) is 28.2 Å². The van der Waals surface area contributed by atoms with Crippen molar-refractivity contribution in [3.63, 3.8) is 0 Å². The average Bonchev–Trinajstić information content (AvgIpc) is 3.19. The summed E-state index contributed by atoms with van der Waals surface area (Å²) in [5, 5.41) is 1.35. The Bertz CT molecular complexity index is 1240. The molecule has 1 unspecified atom stereocenters. The van der Waals surface area contributed by atoms with Crippen LogP contribution in [-0.2, 0) is 9.53 Å². The number of morpholine rings is 1. The van der Waals surface area contributed by atoms with E-state index < -0.39 is 0 Å². The third kappa shape index (κ3) is 3.92. The molecule has 3 heterocycles. The number of hydrogen-bond acceptors (Lipinski definition) is 3. The fourth-order valence-corrected chi connectivity index (χ4v) is 4.16. The SMILES string of the molecule is O=CN1CCOC(c2ccc3nc(-c4ccc(Cl)cc4)c(-c4ccc(Cl)cc4)n3c2)C1. The van der Waals surface area contributed by atoms with E-state index in [1.54, 1.807) is 4.90 Å². The number of carbonyl (C=O) groups is 1. The minimum Gasteiger partial charge on any atom is -0.370 e. The Labute approximate surface area is 189 Å². The molecule has 1 aliphatic rings. The highest BCUT2D eigenvalue weighted by Crippen LogP contribution is 2.35. The lowest BCUT2D eigenvalue weighted by Crippen LogP contribution is -2.37. The Balaban J connectivity index is 1.68. The molecule has 156 valence electrons. The number of benzene rings is 2. The van der Waals surface area contributed by atoms with Crippen LogP contribution in [0.3, 0.4) is 0 Å². The summed E-state index contributed by atoms with van der Waals surface area (Å²) in [6.07, 6.45) is 2.75. The maximum atomic E-state index is 11.2. The monoisotopic (exact) mass is 451 g/mol. The molecule has 4 aromatic rings. The van der Waals surface area contributed by atoms with E-state index in [9.17, 15) is 4.79 Å². The van der Waals surface area contributed by atoms with Crippen LogP contribution >= 0.6 is 23.2 Å². The van der Waals surface area contributed by atoms with Crippen LogP contribution < -0.4 is 0 Å². The van der Waals surface area contributed by atoms with Gasteiger partial charge in [0.2, 0.25) is 6.41 Å². The van der Waals surface area contributed by atoms with E-state index in [2.05, 4.69) is 4.40 Å². The van der Waals surface area contributed by atoms with Gasteiger partial charge in [-0.25, -0.2) is 4.98 Å². The Kier molecular flexibility index (Phi) is 5.40. The molecule has 1 saturated heterocycles. The lowest BCUT2D eigenvalue weighted by atomic mass is 10.0. The summed E-state index contributed by atoms with van der Waals surface area (Å²) in [4.78, 5) is 17.9. The standard InChI is InChI=1S/C24H19Cl2N3O2/c25-19-6-1-16(2-7-19)23-24(17-3-8-20(26)9-4-17)29-13-18(5-10-22(29)27-23)21-14-28(15-30)11-12-31-21/h1-10,13,15,21H,11-12,14H2. The minimum absolute atomic E-state index is 0.178. The highest BCUT2D eigenvalue weighted by Gasteiger charge is 2.23. The summed E-state index contributed by atoms with van der Waals surface area (Å²) >= 11 is 12.2. The van der Waals surface area contributed by atoms with Gasteiger partial charge in [-0.05, 0) is 35.9 Å². The van der Waals surface area contributed by atoms with E-state index >= 15 is 0 Å². The van der Waals surface area contributed by atoms with Gasteiger partial charge >= 0.3 is 0 Å². The number of pyridine rings is 1. The zero-order valence-corrected chi connectivity index (χ0v) is 18.1. The lowest BCUT2D eigenvalue weighted by molar-refractivity contribution is -0.125. The van der Waals surface area contributed by atoms with Crippen molar-refractivity contribution in [3.8, 4) is 22.5 Å². The first kappa shape index (κ1) is 20.1. The van der Waals surface area contributed by atoms with Crippen molar-refractivity contribution in [2.24, 2.45) is 0 Å². The van der Waals surface area contributed by atoms with E-state index in [1.165, 1.54) is 0 Å². The van der Waals surface area contributed by atoms with Gasteiger partial charge in [0, 0.05) is 33.9 Å². The van der Waals surface area contributed by atoms with Crippen molar-refractivity contribution in [2.45, 2.75) is 6.10 Å². The van der Waals surface area contributed by atoms with E-state index in [0.29, 0.717) is 29.7 Å².